The number of piperidine rings is 1. The van der Waals surface area contributed by atoms with Gasteiger partial charge in [-0.15, -0.1) is 0 Å². The van der Waals surface area contributed by atoms with E-state index in [0.29, 0.717) is 29.2 Å². The van der Waals surface area contributed by atoms with Gasteiger partial charge in [0.2, 0.25) is 15.9 Å². The van der Waals surface area contributed by atoms with Crippen molar-refractivity contribution in [2.45, 2.75) is 37.5 Å². The second kappa shape index (κ2) is 7.43. The van der Waals surface area contributed by atoms with Crippen molar-refractivity contribution in [2.75, 3.05) is 38.5 Å². The van der Waals surface area contributed by atoms with E-state index in [-0.39, 0.29) is 11.8 Å². The number of carbonyl (C=O) groups is 1. The number of aryl methyl sites for hydroxylation is 1. The van der Waals surface area contributed by atoms with Gasteiger partial charge in [-0.05, 0) is 63.9 Å². The summed E-state index contributed by atoms with van der Waals surface area (Å²) in [6.45, 7) is 4.72. The zero-order valence-electron chi connectivity index (χ0n) is 15.0. The lowest BCUT2D eigenvalue weighted by Gasteiger charge is -2.28. The summed E-state index contributed by atoms with van der Waals surface area (Å²) in [5.41, 5.74) is 1.27. The molecule has 6 nitrogen and oxygen atoms in total. The highest BCUT2D eigenvalue weighted by atomic mass is 32.2. The molecule has 1 N–H and O–H groups in total. The summed E-state index contributed by atoms with van der Waals surface area (Å²) in [5, 5.41) is 2.91. The van der Waals surface area contributed by atoms with Crippen molar-refractivity contribution in [3.05, 3.63) is 23.8 Å². The van der Waals surface area contributed by atoms with Crippen molar-refractivity contribution in [2.24, 2.45) is 5.92 Å². The summed E-state index contributed by atoms with van der Waals surface area (Å²) in [5.74, 6) is -0.0707. The third-order valence-corrected chi connectivity index (χ3v) is 7.17. The highest BCUT2D eigenvalue weighted by molar-refractivity contribution is 7.89. The van der Waals surface area contributed by atoms with Gasteiger partial charge in [0.15, 0.2) is 0 Å². The maximum Gasteiger partial charge on any atom is 0.243 e. The Balaban J connectivity index is 1.78. The number of carbonyl (C=O) groups excluding carboxylic acids is 1. The summed E-state index contributed by atoms with van der Waals surface area (Å²) in [7, 11) is -1.47. The molecule has 0 bridgehead atoms. The van der Waals surface area contributed by atoms with Gasteiger partial charge < -0.3 is 10.2 Å². The average Bonchev–Trinajstić information content (AvgIpc) is 3.12. The first-order valence-electron chi connectivity index (χ1n) is 8.98. The number of amides is 1. The van der Waals surface area contributed by atoms with Gasteiger partial charge in [0.1, 0.15) is 0 Å². The van der Waals surface area contributed by atoms with Crippen LogP contribution in [0.25, 0.3) is 0 Å². The van der Waals surface area contributed by atoms with Crippen molar-refractivity contribution < 1.29 is 13.2 Å². The molecule has 2 aliphatic heterocycles. The molecule has 2 aliphatic rings. The van der Waals surface area contributed by atoms with Crippen LogP contribution in [0.2, 0.25) is 0 Å². The van der Waals surface area contributed by atoms with E-state index in [1.165, 1.54) is 4.31 Å². The molecule has 0 saturated carbocycles. The van der Waals surface area contributed by atoms with Crippen LogP contribution in [0.3, 0.4) is 0 Å². The van der Waals surface area contributed by atoms with Gasteiger partial charge in [0, 0.05) is 25.3 Å². The van der Waals surface area contributed by atoms with E-state index < -0.39 is 10.0 Å². The topological polar surface area (TPSA) is 69.7 Å². The Hall–Kier alpha value is -1.44. The minimum atomic E-state index is -3.49. The lowest BCUT2D eigenvalue weighted by molar-refractivity contribution is -0.121. The number of anilines is 1. The third kappa shape index (κ3) is 4.04. The zero-order chi connectivity index (χ0) is 18.0. The molecule has 1 aromatic carbocycles. The van der Waals surface area contributed by atoms with Crippen LogP contribution in [-0.2, 0) is 14.8 Å². The van der Waals surface area contributed by atoms with E-state index >= 15 is 0 Å². The fourth-order valence-corrected chi connectivity index (χ4v) is 5.42. The van der Waals surface area contributed by atoms with E-state index in [9.17, 15) is 13.2 Å². The number of likely N-dealkylation sites (tertiary alicyclic amines) is 1. The number of hydrogen-bond donors (Lipinski definition) is 1. The molecule has 0 aliphatic carbocycles. The Morgan fingerprint density at radius 3 is 2.56 bits per heavy atom. The lowest BCUT2D eigenvalue weighted by Crippen LogP contribution is -2.38. The molecule has 138 valence electrons. The maximum absolute atomic E-state index is 12.8. The second-order valence-electron chi connectivity index (χ2n) is 7.18. The summed E-state index contributed by atoms with van der Waals surface area (Å²) < 4.78 is 27.2. The monoisotopic (exact) mass is 365 g/mol. The first kappa shape index (κ1) is 18.4. The van der Waals surface area contributed by atoms with E-state index in [2.05, 4.69) is 10.2 Å². The molecule has 7 heteroatoms. The van der Waals surface area contributed by atoms with Crippen molar-refractivity contribution in [1.82, 2.24) is 9.21 Å². The first-order valence-corrected chi connectivity index (χ1v) is 10.4. The van der Waals surface area contributed by atoms with Crippen molar-refractivity contribution in [3.8, 4) is 0 Å². The number of sulfonamides is 1. The van der Waals surface area contributed by atoms with Gasteiger partial charge in [-0.25, -0.2) is 8.42 Å². The average molecular weight is 365 g/mol. The van der Waals surface area contributed by atoms with Crippen LogP contribution in [-0.4, -0.2) is 56.8 Å². The number of nitrogens with one attached hydrogen (secondary N) is 1. The van der Waals surface area contributed by atoms with Crippen LogP contribution in [0.4, 0.5) is 5.69 Å². The molecule has 0 spiro atoms. The summed E-state index contributed by atoms with van der Waals surface area (Å²) in [6.07, 6.45) is 3.70. The van der Waals surface area contributed by atoms with Gasteiger partial charge in [0.25, 0.3) is 0 Å². The SMILES string of the molecule is Cc1ccc(NC(=O)[C@@H]2CCCN(C)C2)cc1S(=O)(=O)N1CCCC1. The largest absolute Gasteiger partial charge is 0.326 e. The molecule has 2 heterocycles. The molecule has 0 aromatic heterocycles. The van der Waals surface area contributed by atoms with Crippen LogP contribution in [0, 0.1) is 12.8 Å². The molecule has 1 amide bonds. The Morgan fingerprint density at radius 1 is 1.16 bits per heavy atom. The van der Waals surface area contributed by atoms with Gasteiger partial charge >= 0.3 is 0 Å². The molecular formula is C18H27N3O3S. The maximum atomic E-state index is 12.8. The molecule has 1 aromatic rings. The zero-order valence-corrected chi connectivity index (χ0v) is 15.8. The fourth-order valence-electron chi connectivity index (χ4n) is 3.65. The van der Waals surface area contributed by atoms with Crippen LogP contribution in [0.1, 0.15) is 31.2 Å². The normalized spacial score (nSPS) is 22.9. The molecule has 0 radical (unpaired) electrons. The second-order valence-corrected chi connectivity index (χ2v) is 9.09. The quantitative estimate of drug-likeness (QED) is 0.887. The van der Waals surface area contributed by atoms with E-state index in [4.69, 9.17) is 0 Å². The molecule has 25 heavy (non-hydrogen) atoms. The van der Waals surface area contributed by atoms with E-state index in [1.54, 1.807) is 25.1 Å². The first-order chi connectivity index (χ1) is 11.9. The predicted molar refractivity (Wildman–Crippen MR) is 98.0 cm³/mol. The fraction of sp³-hybridized carbons (Fsp3) is 0.611. The van der Waals surface area contributed by atoms with Gasteiger partial charge in [-0.2, -0.15) is 4.31 Å². The number of nitrogens with zero attached hydrogens (tertiary/aromatic N) is 2. The molecule has 2 fully saturated rings. The third-order valence-electron chi connectivity index (χ3n) is 5.13. The molecule has 1 atom stereocenters. The summed E-state index contributed by atoms with van der Waals surface area (Å²) in [6, 6.07) is 5.15. The van der Waals surface area contributed by atoms with Gasteiger partial charge in [-0.3, -0.25) is 4.79 Å². The minimum absolute atomic E-state index is 0.0278. The van der Waals surface area contributed by atoms with Crippen LogP contribution in [0.15, 0.2) is 23.1 Å². The number of hydrogen-bond acceptors (Lipinski definition) is 4. The predicted octanol–water partition coefficient (Wildman–Crippen LogP) is 2.06. The number of rotatable bonds is 4. The summed E-state index contributed by atoms with van der Waals surface area (Å²) in [4.78, 5) is 15.0. The molecule has 0 unspecified atom stereocenters. The standard InChI is InChI=1S/C18H27N3O3S/c1-14-7-8-16(19-18(22)15-6-5-9-20(2)13-15)12-17(14)25(23,24)21-10-3-4-11-21/h7-8,12,15H,3-6,9-11,13H2,1-2H3,(H,19,22)/t15-/m1/s1. The van der Waals surface area contributed by atoms with E-state index in [1.807, 2.05) is 7.05 Å². The smallest absolute Gasteiger partial charge is 0.243 e. The van der Waals surface area contributed by atoms with Gasteiger partial charge in [0.05, 0.1) is 10.8 Å². The molecule has 2 saturated heterocycles. The van der Waals surface area contributed by atoms with E-state index in [0.717, 1.165) is 38.8 Å². The Kier molecular flexibility index (Phi) is 5.46. The number of benzene rings is 1. The van der Waals surface area contributed by atoms with Crippen molar-refractivity contribution in [1.29, 1.82) is 0 Å². The highest BCUT2D eigenvalue weighted by Crippen LogP contribution is 2.27. The lowest BCUT2D eigenvalue weighted by atomic mass is 9.97. The summed E-state index contributed by atoms with van der Waals surface area (Å²) >= 11 is 0. The Labute approximate surface area is 150 Å². The highest BCUT2D eigenvalue weighted by Gasteiger charge is 2.29. The van der Waals surface area contributed by atoms with Crippen molar-refractivity contribution in [3.63, 3.8) is 0 Å². The van der Waals surface area contributed by atoms with Crippen LogP contribution in [0.5, 0.6) is 0 Å². The van der Waals surface area contributed by atoms with Crippen LogP contribution < -0.4 is 5.32 Å². The molecular weight excluding hydrogens is 338 g/mol. The van der Waals surface area contributed by atoms with Gasteiger partial charge in [-0.1, -0.05) is 6.07 Å². The van der Waals surface area contributed by atoms with Crippen molar-refractivity contribution >= 4 is 21.6 Å². The Morgan fingerprint density at radius 2 is 1.88 bits per heavy atom. The minimum Gasteiger partial charge on any atom is -0.326 e. The molecule has 3 rings (SSSR count). The Bertz CT molecular complexity index is 742. The van der Waals surface area contributed by atoms with Crippen LogP contribution >= 0.6 is 0 Å².